The summed E-state index contributed by atoms with van der Waals surface area (Å²) in [6.07, 6.45) is 1.53. The van der Waals surface area contributed by atoms with Gasteiger partial charge in [0.15, 0.2) is 5.65 Å². The number of aromatic nitrogens is 6. The van der Waals surface area contributed by atoms with Gasteiger partial charge < -0.3 is 0 Å². The monoisotopic (exact) mass is 176 g/mol. The van der Waals surface area contributed by atoms with Crippen molar-refractivity contribution in [3.8, 4) is 0 Å². The molecule has 0 fully saturated rings. The van der Waals surface area contributed by atoms with E-state index in [9.17, 15) is 0 Å². The molecule has 13 heavy (non-hydrogen) atoms. The van der Waals surface area contributed by atoms with E-state index in [1.165, 1.54) is 6.33 Å². The van der Waals surface area contributed by atoms with Gasteiger partial charge in [-0.3, -0.25) is 10.2 Å². The van der Waals surface area contributed by atoms with Gasteiger partial charge in [-0.05, 0) is 13.0 Å². The number of nitrogens with one attached hydrogen (secondary N) is 3. The maximum atomic E-state index is 4.14. The van der Waals surface area contributed by atoms with Gasteiger partial charge in [-0.25, -0.2) is 14.7 Å². The second-order valence-corrected chi connectivity index (χ2v) is 2.94. The van der Waals surface area contributed by atoms with Crippen LogP contribution < -0.4 is 0 Å². The Hall–Kier alpha value is -1.98. The first-order valence-corrected chi connectivity index (χ1v) is 3.96. The Morgan fingerprint density at radius 3 is 3.23 bits per heavy atom. The van der Waals surface area contributed by atoms with Gasteiger partial charge in [-0.15, -0.1) is 0 Å². The van der Waals surface area contributed by atoms with Gasteiger partial charge in [0, 0.05) is 5.69 Å². The van der Waals surface area contributed by atoms with E-state index < -0.39 is 0 Å². The highest BCUT2D eigenvalue weighted by Gasteiger charge is 2.06. The summed E-state index contributed by atoms with van der Waals surface area (Å²) in [7, 11) is 0. The number of aromatic amines is 3. The zero-order valence-electron chi connectivity index (χ0n) is 7.00. The molecule has 3 N–H and O–H groups in total. The second-order valence-electron chi connectivity index (χ2n) is 2.94. The third kappa shape index (κ3) is 0.715. The predicted octanol–water partition coefficient (Wildman–Crippen LogP) is 0.737. The highest BCUT2D eigenvalue weighted by atomic mass is 15.4. The molecule has 6 nitrogen and oxygen atoms in total. The third-order valence-corrected chi connectivity index (χ3v) is 2.11. The van der Waals surface area contributed by atoms with Crippen molar-refractivity contribution in [1.82, 2.24) is 30.0 Å². The van der Waals surface area contributed by atoms with Gasteiger partial charge in [-0.2, -0.15) is 5.10 Å². The number of aryl methyl sites for hydroxylation is 1. The Bertz CT molecular complexity index is 571. The maximum absolute atomic E-state index is 4.14. The molecule has 3 heterocycles. The quantitative estimate of drug-likeness (QED) is 0.472. The van der Waals surface area contributed by atoms with Crippen LogP contribution in [0.25, 0.3) is 16.7 Å². The van der Waals surface area contributed by atoms with Gasteiger partial charge in [0.25, 0.3) is 0 Å². The molecule has 3 rings (SSSR count). The van der Waals surface area contributed by atoms with E-state index in [0.717, 1.165) is 22.4 Å². The van der Waals surface area contributed by atoms with Crippen LogP contribution in [-0.4, -0.2) is 30.0 Å². The third-order valence-electron chi connectivity index (χ3n) is 2.11. The fourth-order valence-electron chi connectivity index (χ4n) is 1.55. The lowest BCUT2D eigenvalue weighted by atomic mass is 10.4. The fraction of sp³-hybridized carbons (Fsp3) is 0.143. The average Bonchev–Trinajstić information content (AvgIpc) is 2.47. The minimum atomic E-state index is 0.789. The Balaban J connectivity index is 2.74. The summed E-state index contributed by atoms with van der Waals surface area (Å²) in [5, 5.41) is 12.8. The lowest BCUT2D eigenvalue weighted by Gasteiger charge is -1.98. The predicted molar refractivity (Wildman–Crippen MR) is 47.1 cm³/mol. The first-order chi connectivity index (χ1) is 6.36. The van der Waals surface area contributed by atoms with E-state index in [0.29, 0.717) is 0 Å². The Labute approximate surface area is 72.6 Å². The summed E-state index contributed by atoms with van der Waals surface area (Å²) in [6, 6.07) is 2.02. The van der Waals surface area contributed by atoms with Crippen LogP contribution in [0.15, 0.2) is 12.4 Å². The molecule has 0 unspecified atom stereocenters. The van der Waals surface area contributed by atoms with Crippen LogP contribution in [-0.2, 0) is 0 Å². The van der Waals surface area contributed by atoms with E-state index in [1.807, 2.05) is 17.5 Å². The molecule has 0 radical (unpaired) electrons. The Morgan fingerprint density at radius 1 is 1.38 bits per heavy atom. The molecule has 0 atom stereocenters. The first kappa shape index (κ1) is 6.53. The highest BCUT2D eigenvalue weighted by Crippen LogP contribution is 2.16. The van der Waals surface area contributed by atoms with E-state index in [1.54, 1.807) is 0 Å². The minimum absolute atomic E-state index is 0.789. The van der Waals surface area contributed by atoms with Gasteiger partial charge in [0.1, 0.15) is 11.8 Å². The lowest BCUT2D eigenvalue weighted by molar-refractivity contribution is 0.850. The smallest absolute Gasteiger partial charge is 0.175 e. The van der Waals surface area contributed by atoms with Crippen LogP contribution in [0, 0.1) is 6.92 Å². The summed E-state index contributed by atoms with van der Waals surface area (Å²) >= 11 is 0. The molecule has 0 saturated carbocycles. The molecule has 3 aromatic rings. The fourth-order valence-corrected chi connectivity index (χ4v) is 1.55. The van der Waals surface area contributed by atoms with E-state index in [2.05, 4.69) is 25.5 Å². The van der Waals surface area contributed by atoms with Crippen LogP contribution in [0.4, 0.5) is 0 Å². The molecule has 3 aromatic heterocycles. The first-order valence-electron chi connectivity index (χ1n) is 3.96. The summed E-state index contributed by atoms with van der Waals surface area (Å²) in [5.41, 5.74) is 3.83. The maximum Gasteiger partial charge on any atom is 0.175 e. The Kier molecular flexibility index (Phi) is 1.02. The van der Waals surface area contributed by atoms with Gasteiger partial charge in [0.2, 0.25) is 0 Å². The molecule has 0 aliphatic rings. The molecular formula is C7H8N6. The number of hydrogen-bond donors (Lipinski definition) is 3. The largest absolute Gasteiger partial charge is 0.284 e. The number of H-pyrrole nitrogens is 3. The molecule has 0 saturated heterocycles. The van der Waals surface area contributed by atoms with Crippen molar-refractivity contribution < 1.29 is 0 Å². The molecule has 0 spiro atoms. The topological polar surface area (TPSA) is 77.6 Å². The average molecular weight is 176 g/mol. The second kappa shape index (κ2) is 2.03. The molecular weight excluding hydrogens is 168 g/mol. The SMILES string of the molecule is Cc1cc2[nH][nH][nH]c3ncnn1c23. The summed E-state index contributed by atoms with van der Waals surface area (Å²) in [5.74, 6) is 0. The van der Waals surface area contributed by atoms with Crippen molar-refractivity contribution in [2.75, 3.05) is 0 Å². The van der Waals surface area contributed by atoms with Gasteiger partial charge in [0.05, 0.1) is 5.52 Å². The van der Waals surface area contributed by atoms with Crippen LogP contribution in [0.3, 0.4) is 0 Å². The van der Waals surface area contributed by atoms with Crippen LogP contribution in [0.5, 0.6) is 0 Å². The van der Waals surface area contributed by atoms with Crippen LogP contribution >= 0.6 is 0 Å². The van der Waals surface area contributed by atoms with Gasteiger partial charge >= 0.3 is 0 Å². The Morgan fingerprint density at radius 2 is 2.31 bits per heavy atom. The summed E-state index contributed by atoms with van der Waals surface area (Å²) < 4.78 is 1.85. The van der Waals surface area contributed by atoms with E-state index >= 15 is 0 Å². The van der Waals surface area contributed by atoms with Crippen molar-refractivity contribution in [3.63, 3.8) is 0 Å². The van der Waals surface area contributed by atoms with E-state index in [-0.39, 0.29) is 0 Å². The molecule has 66 valence electrons. The number of hydrogen-bond acceptors (Lipinski definition) is 2. The normalized spacial score (nSPS) is 11.5. The minimum Gasteiger partial charge on any atom is -0.284 e. The summed E-state index contributed by atoms with van der Waals surface area (Å²) in [6.45, 7) is 2.00. The van der Waals surface area contributed by atoms with Crippen molar-refractivity contribution in [1.29, 1.82) is 0 Å². The summed E-state index contributed by atoms with van der Waals surface area (Å²) in [4.78, 5) is 4.11. The van der Waals surface area contributed by atoms with Crippen LogP contribution in [0.2, 0.25) is 0 Å². The lowest BCUT2D eigenvalue weighted by Crippen LogP contribution is -1.98. The van der Waals surface area contributed by atoms with Crippen LogP contribution in [0.1, 0.15) is 5.69 Å². The zero-order valence-corrected chi connectivity index (χ0v) is 7.00. The molecule has 0 aliphatic heterocycles. The van der Waals surface area contributed by atoms with Crippen molar-refractivity contribution in [2.24, 2.45) is 0 Å². The molecule has 0 aliphatic carbocycles. The molecule has 0 aromatic carbocycles. The van der Waals surface area contributed by atoms with Crippen molar-refractivity contribution in [2.45, 2.75) is 6.92 Å². The molecule has 0 amide bonds. The van der Waals surface area contributed by atoms with E-state index in [4.69, 9.17) is 0 Å². The zero-order chi connectivity index (χ0) is 8.84. The molecule has 6 heteroatoms. The highest BCUT2D eigenvalue weighted by molar-refractivity contribution is 5.87. The standard InChI is InChI=1S/C7H8N6/c1-4-2-5-6-7(11-12-10-5)8-3-9-13(4)6/h2-3,10,12H,1H3,(H,8,9,11). The molecule has 0 bridgehead atoms. The van der Waals surface area contributed by atoms with Crippen molar-refractivity contribution >= 4 is 16.7 Å². The number of nitrogens with zero attached hydrogens (tertiary/aromatic N) is 3. The van der Waals surface area contributed by atoms with Gasteiger partial charge in [-0.1, -0.05) is 0 Å². The number of rotatable bonds is 0. The van der Waals surface area contributed by atoms with Crippen molar-refractivity contribution in [3.05, 3.63) is 18.1 Å².